The number of anilines is 1. The van der Waals surface area contributed by atoms with E-state index in [0.29, 0.717) is 11.6 Å². The highest BCUT2D eigenvalue weighted by molar-refractivity contribution is 9.10. The van der Waals surface area contributed by atoms with Crippen LogP contribution in [0.2, 0.25) is 0 Å². The molecule has 0 aliphatic carbocycles. The monoisotopic (exact) mass is 344 g/mol. The molecule has 5 heteroatoms. The summed E-state index contributed by atoms with van der Waals surface area (Å²) in [7, 11) is 0. The van der Waals surface area contributed by atoms with E-state index in [0.717, 1.165) is 22.3 Å². The van der Waals surface area contributed by atoms with Gasteiger partial charge in [-0.25, -0.2) is 0 Å². The van der Waals surface area contributed by atoms with E-state index in [-0.39, 0.29) is 11.2 Å². The zero-order chi connectivity index (χ0) is 14.4. The van der Waals surface area contributed by atoms with Gasteiger partial charge in [-0.2, -0.15) is 0 Å². The number of nitrogens with one attached hydrogen (secondary N) is 1. The Morgan fingerprint density at radius 2 is 2.11 bits per heavy atom. The van der Waals surface area contributed by atoms with E-state index in [4.69, 9.17) is 5.73 Å². The van der Waals surface area contributed by atoms with Crippen LogP contribution in [0.25, 0.3) is 0 Å². The summed E-state index contributed by atoms with van der Waals surface area (Å²) < 4.78 is 0.930. The van der Waals surface area contributed by atoms with Crippen LogP contribution < -0.4 is 11.1 Å². The summed E-state index contributed by atoms with van der Waals surface area (Å²) in [5, 5.41) is 2.85. The predicted molar refractivity (Wildman–Crippen MR) is 86.3 cm³/mol. The standard InChI is InChI=1S/C14H21BrN2OS/c1-9(2)6-7-17-14(18)10(3)19-13-5-4-11(16)8-12(13)15/h4-5,8-10H,6-7,16H2,1-3H3,(H,17,18). The number of benzene rings is 1. The van der Waals surface area contributed by atoms with Crippen molar-refractivity contribution < 1.29 is 4.79 Å². The maximum atomic E-state index is 11.9. The summed E-state index contributed by atoms with van der Waals surface area (Å²) >= 11 is 5.00. The lowest BCUT2D eigenvalue weighted by Crippen LogP contribution is -2.32. The van der Waals surface area contributed by atoms with E-state index in [1.165, 1.54) is 11.8 Å². The van der Waals surface area contributed by atoms with Crippen molar-refractivity contribution in [2.75, 3.05) is 12.3 Å². The maximum absolute atomic E-state index is 11.9. The maximum Gasteiger partial charge on any atom is 0.233 e. The van der Waals surface area contributed by atoms with Gasteiger partial charge in [0.05, 0.1) is 5.25 Å². The molecule has 1 unspecified atom stereocenters. The summed E-state index contributed by atoms with van der Waals surface area (Å²) in [4.78, 5) is 13.0. The molecule has 1 aromatic rings. The number of thioether (sulfide) groups is 1. The van der Waals surface area contributed by atoms with Gasteiger partial charge in [0.2, 0.25) is 5.91 Å². The number of nitrogens with two attached hydrogens (primary N) is 1. The third kappa shape index (κ3) is 5.87. The molecule has 0 aliphatic rings. The van der Waals surface area contributed by atoms with Crippen molar-refractivity contribution in [2.45, 2.75) is 37.3 Å². The van der Waals surface area contributed by atoms with Crippen LogP contribution in [0, 0.1) is 5.92 Å². The number of carbonyl (C=O) groups is 1. The number of carbonyl (C=O) groups excluding carboxylic acids is 1. The van der Waals surface area contributed by atoms with Crippen LogP contribution in [0.5, 0.6) is 0 Å². The van der Waals surface area contributed by atoms with E-state index in [2.05, 4.69) is 35.1 Å². The van der Waals surface area contributed by atoms with Crippen molar-refractivity contribution in [3.8, 4) is 0 Å². The quantitative estimate of drug-likeness (QED) is 0.611. The molecule has 0 radical (unpaired) electrons. The first kappa shape index (κ1) is 16.4. The fourth-order valence-electron chi connectivity index (χ4n) is 1.48. The molecule has 0 spiro atoms. The van der Waals surface area contributed by atoms with Gasteiger partial charge in [-0.3, -0.25) is 4.79 Å². The van der Waals surface area contributed by atoms with E-state index in [1.807, 2.05) is 25.1 Å². The Hall–Kier alpha value is -0.680. The van der Waals surface area contributed by atoms with Gasteiger partial charge in [-0.1, -0.05) is 13.8 Å². The SMILES string of the molecule is CC(C)CCNC(=O)C(C)Sc1ccc(N)cc1Br. The second-order valence-electron chi connectivity index (χ2n) is 4.92. The first-order chi connectivity index (χ1) is 8.90. The first-order valence-electron chi connectivity index (χ1n) is 6.39. The van der Waals surface area contributed by atoms with Crippen molar-refractivity contribution in [1.29, 1.82) is 0 Å². The normalized spacial score (nSPS) is 12.5. The second-order valence-corrected chi connectivity index (χ2v) is 7.16. The molecular weight excluding hydrogens is 324 g/mol. The molecule has 19 heavy (non-hydrogen) atoms. The number of hydrogen-bond acceptors (Lipinski definition) is 3. The van der Waals surface area contributed by atoms with Crippen LogP contribution in [0.4, 0.5) is 5.69 Å². The second kappa shape index (κ2) is 7.80. The molecule has 3 nitrogen and oxygen atoms in total. The molecule has 0 heterocycles. The van der Waals surface area contributed by atoms with Gasteiger partial charge >= 0.3 is 0 Å². The molecule has 0 aliphatic heterocycles. The highest BCUT2D eigenvalue weighted by atomic mass is 79.9. The molecule has 1 amide bonds. The van der Waals surface area contributed by atoms with Gasteiger partial charge in [0.1, 0.15) is 0 Å². The fraction of sp³-hybridized carbons (Fsp3) is 0.500. The van der Waals surface area contributed by atoms with Gasteiger partial charge in [0.25, 0.3) is 0 Å². The van der Waals surface area contributed by atoms with Crippen molar-refractivity contribution in [1.82, 2.24) is 5.32 Å². The van der Waals surface area contributed by atoms with E-state index >= 15 is 0 Å². The molecule has 1 aromatic carbocycles. The Labute approximate surface area is 127 Å². The average Bonchev–Trinajstić information content (AvgIpc) is 2.32. The lowest BCUT2D eigenvalue weighted by atomic mass is 10.1. The third-order valence-corrected chi connectivity index (χ3v) is 4.75. The van der Waals surface area contributed by atoms with E-state index in [1.54, 1.807) is 0 Å². The van der Waals surface area contributed by atoms with Crippen molar-refractivity contribution >= 4 is 39.3 Å². The Kier molecular flexibility index (Phi) is 6.72. The number of halogens is 1. The van der Waals surface area contributed by atoms with E-state index < -0.39 is 0 Å². The number of amides is 1. The minimum absolute atomic E-state index is 0.0781. The first-order valence-corrected chi connectivity index (χ1v) is 8.06. The van der Waals surface area contributed by atoms with E-state index in [9.17, 15) is 4.79 Å². The zero-order valence-corrected chi connectivity index (χ0v) is 14.0. The van der Waals surface area contributed by atoms with Crippen molar-refractivity contribution in [3.05, 3.63) is 22.7 Å². The predicted octanol–water partition coefficient (Wildman–Crippen LogP) is 3.67. The molecule has 0 bridgehead atoms. The largest absolute Gasteiger partial charge is 0.399 e. The summed E-state index contributed by atoms with van der Waals surface area (Å²) in [5.41, 5.74) is 6.41. The topological polar surface area (TPSA) is 55.1 Å². The van der Waals surface area contributed by atoms with Gasteiger partial charge in [-0.15, -0.1) is 11.8 Å². The summed E-state index contributed by atoms with van der Waals surface area (Å²) in [6.45, 7) is 6.95. The number of rotatable bonds is 6. The summed E-state index contributed by atoms with van der Waals surface area (Å²) in [6, 6.07) is 5.63. The number of nitrogen functional groups attached to an aromatic ring is 1. The minimum atomic E-state index is -0.118. The molecule has 0 saturated heterocycles. The van der Waals surface area contributed by atoms with Gasteiger partial charge in [0, 0.05) is 21.6 Å². The number of hydrogen-bond donors (Lipinski definition) is 2. The lowest BCUT2D eigenvalue weighted by molar-refractivity contribution is -0.120. The Bertz CT molecular complexity index is 437. The minimum Gasteiger partial charge on any atom is -0.399 e. The fourth-order valence-corrected chi connectivity index (χ4v) is 3.05. The van der Waals surface area contributed by atoms with Gasteiger partial charge in [0.15, 0.2) is 0 Å². The molecular formula is C14H21BrN2OS. The molecule has 0 fully saturated rings. The molecule has 106 valence electrons. The Balaban J connectivity index is 2.49. The Morgan fingerprint density at radius 3 is 2.68 bits per heavy atom. The Morgan fingerprint density at radius 1 is 1.42 bits per heavy atom. The molecule has 0 aromatic heterocycles. The van der Waals surface area contributed by atoms with Crippen molar-refractivity contribution in [3.63, 3.8) is 0 Å². The van der Waals surface area contributed by atoms with Gasteiger partial charge < -0.3 is 11.1 Å². The van der Waals surface area contributed by atoms with Crippen molar-refractivity contribution in [2.24, 2.45) is 5.92 Å². The van der Waals surface area contributed by atoms with Crippen LogP contribution in [-0.2, 0) is 4.79 Å². The molecule has 1 rings (SSSR count). The molecule has 1 atom stereocenters. The van der Waals surface area contributed by atoms with Crippen LogP contribution in [-0.4, -0.2) is 17.7 Å². The lowest BCUT2D eigenvalue weighted by Gasteiger charge is -2.14. The molecule has 3 N–H and O–H groups in total. The molecule has 0 saturated carbocycles. The smallest absolute Gasteiger partial charge is 0.233 e. The van der Waals surface area contributed by atoms with Crippen LogP contribution in [0.15, 0.2) is 27.6 Å². The average molecular weight is 345 g/mol. The highest BCUT2D eigenvalue weighted by Crippen LogP contribution is 2.32. The van der Waals surface area contributed by atoms with Crippen LogP contribution >= 0.6 is 27.7 Å². The van der Waals surface area contributed by atoms with Gasteiger partial charge in [-0.05, 0) is 53.4 Å². The summed E-state index contributed by atoms with van der Waals surface area (Å²) in [5.74, 6) is 0.684. The highest BCUT2D eigenvalue weighted by Gasteiger charge is 2.15. The summed E-state index contributed by atoms with van der Waals surface area (Å²) in [6.07, 6.45) is 1.01. The van der Waals surface area contributed by atoms with Crippen LogP contribution in [0.3, 0.4) is 0 Å². The third-order valence-electron chi connectivity index (χ3n) is 2.65. The zero-order valence-electron chi connectivity index (χ0n) is 11.6. The van der Waals surface area contributed by atoms with Crippen LogP contribution in [0.1, 0.15) is 27.2 Å².